The number of nitrogens with zero attached hydrogens (tertiary/aromatic N) is 5. The predicted octanol–water partition coefficient (Wildman–Crippen LogP) is 8.82. The van der Waals surface area contributed by atoms with Crippen LogP contribution in [0.2, 0.25) is 5.02 Å². The van der Waals surface area contributed by atoms with Crippen molar-refractivity contribution in [2.75, 3.05) is 64.5 Å². The number of hydrogen-bond acceptors (Lipinski definition) is 10. The number of aryl methyl sites for hydroxylation is 1. The van der Waals surface area contributed by atoms with Gasteiger partial charge >= 0.3 is 6.03 Å². The van der Waals surface area contributed by atoms with E-state index in [1.165, 1.54) is 41.0 Å². The number of methoxy groups -OCH3 is 1. The normalized spacial score (nSPS) is 23.7. The van der Waals surface area contributed by atoms with E-state index in [-0.39, 0.29) is 112 Å². The molecule has 10 rings (SSSR count). The molecule has 20 heteroatoms. The summed E-state index contributed by atoms with van der Waals surface area (Å²) < 4.78 is 83.8. The Morgan fingerprint density at radius 3 is 2.28 bits per heavy atom. The number of hydrogen-bond donors (Lipinski definition) is 3. The third-order valence-electron chi connectivity index (χ3n) is 16.9. The van der Waals surface area contributed by atoms with Crippen molar-refractivity contribution in [3.63, 3.8) is 0 Å². The van der Waals surface area contributed by atoms with Gasteiger partial charge in [0.1, 0.15) is 29.5 Å². The molecule has 5 aromatic rings. The molecule has 5 amide bonds. The van der Waals surface area contributed by atoms with Crippen LogP contribution in [0.3, 0.4) is 0 Å². The molecule has 76 heavy (non-hydrogen) atoms. The first-order chi connectivity index (χ1) is 36.4. The van der Waals surface area contributed by atoms with Gasteiger partial charge in [-0.2, -0.15) is 5.10 Å². The fourth-order valence-electron chi connectivity index (χ4n) is 12.6. The molecule has 5 heterocycles. The fraction of sp³-hybridized carbons (Fsp3) is 0.482. The molecule has 0 spiro atoms. The summed E-state index contributed by atoms with van der Waals surface area (Å²) in [7, 11) is 3.04. The first-order valence-corrected chi connectivity index (χ1v) is 26.6. The van der Waals surface area contributed by atoms with Crippen LogP contribution in [0.1, 0.15) is 111 Å². The largest absolute Gasteiger partial charge is 0.488 e. The summed E-state index contributed by atoms with van der Waals surface area (Å²) in [5, 5.41) is 10.1. The standard InChI is InChI=1S/C56H63ClF4N8O7/c1-31-43-41(29-39(59)47(57)46(43)45-36(51(62)71)10-11-40(48(45)60)75-27-26-74-4)76-56(31,33-8-6-5-7-9-33)30-63-34-12-19-55(2,20-13-34)53(72)68-23-16-35(17-24-68)67-21-14-32(15-22-67)44-38(58)28-37-50(49(44)61)66(3)65-52(37)69-25-18-42(70)64-54(69)73/h5-11,28-29,31-32,34-35,63H,12-27,30H2,1-4H3,(H2,62,71)(H,64,70,73)/t31-,34?,55?,56-/m0/s1. The van der Waals surface area contributed by atoms with Crippen molar-refractivity contribution in [1.29, 1.82) is 0 Å². The Labute approximate surface area is 443 Å². The second-order valence-electron chi connectivity index (χ2n) is 21.3. The van der Waals surface area contributed by atoms with E-state index < -0.39 is 58.0 Å². The van der Waals surface area contributed by atoms with Crippen LogP contribution in [0.4, 0.5) is 28.2 Å². The first kappa shape index (κ1) is 53.1. The molecule has 0 unspecified atom stereocenters. The molecule has 4 N–H and O–H groups in total. The number of carbonyl (C=O) groups is 4. The Morgan fingerprint density at radius 1 is 0.895 bits per heavy atom. The highest BCUT2D eigenvalue weighted by Crippen LogP contribution is 2.57. The Bertz CT molecular complexity index is 3080. The van der Waals surface area contributed by atoms with Crippen molar-refractivity contribution in [3.05, 3.63) is 105 Å². The number of fused-ring (bicyclic) bond motifs is 2. The predicted molar refractivity (Wildman–Crippen MR) is 278 cm³/mol. The van der Waals surface area contributed by atoms with E-state index in [0.717, 1.165) is 18.4 Å². The van der Waals surface area contributed by atoms with Gasteiger partial charge in [0.2, 0.25) is 17.7 Å². The Morgan fingerprint density at radius 2 is 1.61 bits per heavy atom. The molecule has 4 aromatic carbocycles. The molecule has 1 aliphatic carbocycles. The van der Waals surface area contributed by atoms with Gasteiger partial charge in [-0.15, -0.1) is 0 Å². The van der Waals surface area contributed by atoms with Crippen LogP contribution in [-0.4, -0.2) is 115 Å². The minimum Gasteiger partial charge on any atom is -0.488 e. The summed E-state index contributed by atoms with van der Waals surface area (Å²) in [6.07, 6.45) is 5.49. The summed E-state index contributed by atoms with van der Waals surface area (Å²) >= 11 is 6.77. The van der Waals surface area contributed by atoms with Crippen LogP contribution in [0.15, 0.2) is 54.6 Å². The minimum absolute atomic E-state index is 0.00980. The third-order valence-corrected chi connectivity index (χ3v) is 17.3. The van der Waals surface area contributed by atoms with Gasteiger partial charge in [0, 0.05) is 98.5 Å². The quantitative estimate of drug-likeness (QED) is 0.0721. The van der Waals surface area contributed by atoms with Gasteiger partial charge in [0.15, 0.2) is 28.8 Å². The van der Waals surface area contributed by atoms with E-state index in [2.05, 4.69) is 27.6 Å². The molecule has 404 valence electrons. The average molecular weight is 1070 g/mol. The van der Waals surface area contributed by atoms with Crippen LogP contribution in [0, 0.1) is 28.7 Å². The number of carbonyl (C=O) groups excluding carboxylic acids is 4. The van der Waals surface area contributed by atoms with Gasteiger partial charge in [0.25, 0.3) is 0 Å². The zero-order valence-corrected chi connectivity index (χ0v) is 43.8. The summed E-state index contributed by atoms with van der Waals surface area (Å²) in [4.78, 5) is 57.2. The number of ether oxygens (including phenoxy) is 3. The van der Waals surface area contributed by atoms with E-state index in [4.69, 9.17) is 31.5 Å². The van der Waals surface area contributed by atoms with E-state index in [1.54, 1.807) is 7.05 Å². The summed E-state index contributed by atoms with van der Waals surface area (Å²) in [6.45, 7) is 7.03. The Hall–Kier alpha value is -6.28. The highest BCUT2D eigenvalue weighted by molar-refractivity contribution is 6.34. The summed E-state index contributed by atoms with van der Waals surface area (Å²) in [5.74, 6) is -5.21. The second kappa shape index (κ2) is 21.3. The van der Waals surface area contributed by atoms with E-state index in [1.807, 2.05) is 42.2 Å². The number of anilines is 1. The number of urea groups is 1. The van der Waals surface area contributed by atoms with Crippen LogP contribution < -0.4 is 30.7 Å². The van der Waals surface area contributed by atoms with Gasteiger partial charge in [-0.05, 0) is 94.1 Å². The van der Waals surface area contributed by atoms with Gasteiger partial charge in [-0.25, -0.2) is 22.4 Å². The smallest absolute Gasteiger partial charge is 0.329 e. The maximum atomic E-state index is 16.7. The molecule has 1 aromatic heterocycles. The van der Waals surface area contributed by atoms with Crippen LogP contribution in [0.5, 0.6) is 11.5 Å². The number of likely N-dealkylation sites (tertiary alicyclic amines) is 2. The molecule has 1 saturated carbocycles. The number of amides is 5. The second-order valence-corrected chi connectivity index (χ2v) is 21.7. The zero-order valence-electron chi connectivity index (χ0n) is 43.1. The molecule has 15 nitrogen and oxygen atoms in total. The number of piperidine rings is 2. The number of aromatic nitrogens is 2. The van der Waals surface area contributed by atoms with Crippen molar-refractivity contribution in [1.82, 2.24) is 30.2 Å². The fourth-order valence-corrected chi connectivity index (χ4v) is 12.9. The lowest BCUT2D eigenvalue weighted by Gasteiger charge is -2.45. The van der Waals surface area contributed by atoms with Crippen molar-refractivity contribution in [3.8, 4) is 22.6 Å². The Kier molecular flexibility index (Phi) is 14.9. The maximum Gasteiger partial charge on any atom is 0.329 e. The number of nitrogens with two attached hydrogens (primary N) is 1. The lowest BCUT2D eigenvalue weighted by atomic mass is 9.72. The summed E-state index contributed by atoms with van der Waals surface area (Å²) in [5.41, 5.74) is 4.92. The van der Waals surface area contributed by atoms with Gasteiger partial charge in [-0.1, -0.05) is 55.8 Å². The highest BCUT2D eigenvalue weighted by Gasteiger charge is 2.51. The number of halogens is 5. The van der Waals surface area contributed by atoms with Crippen LogP contribution in [-0.2, 0) is 27.0 Å². The molecule has 2 atom stereocenters. The topological polar surface area (TPSA) is 174 Å². The lowest BCUT2D eigenvalue weighted by Crippen LogP contribution is -2.53. The number of nitrogens with one attached hydrogen (secondary N) is 2. The zero-order chi connectivity index (χ0) is 53.8. The minimum atomic E-state index is -1.13. The Balaban J connectivity index is 0.771. The first-order valence-electron chi connectivity index (χ1n) is 26.2. The van der Waals surface area contributed by atoms with E-state index in [9.17, 15) is 19.2 Å². The van der Waals surface area contributed by atoms with Crippen molar-refractivity contribution < 1.29 is 51.0 Å². The molecule has 4 fully saturated rings. The molecule has 4 aliphatic heterocycles. The average Bonchev–Trinajstić information content (AvgIpc) is 4.04. The van der Waals surface area contributed by atoms with Crippen molar-refractivity contribution in [2.45, 2.75) is 101 Å². The monoisotopic (exact) mass is 1070 g/mol. The van der Waals surface area contributed by atoms with Gasteiger partial charge < -0.3 is 35.1 Å². The molecule has 0 bridgehead atoms. The molecule has 3 saturated heterocycles. The number of benzene rings is 4. The van der Waals surface area contributed by atoms with E-state index >= 15 is 17.6 Å². The third kappa shape index (κ3) is 9.54. The number of imide groups is 1. The van der Waals surface area contributed by atoms with Crippen LogP contribution >= 0.6 is 11.6 Å². The molecule has 0 radical (unpaired) electrons. The number of primary amides is 1. The van der Waals surface area contributed by atoms with Crippen LogP contribution in [0.25, 0.3) is 22.0 Å². The van der Waals surface area contributed by atoms with Crippen molar-refractivity contribution >= 4 is 52.1 Å². The lowest BCUT2D eigenvalue weighted by molar-refractivity contribution is -0.145. The molecular weight excluding hydrogens is 1010 g/mol. The van der Waals surface area contributed by atoms with E-state index in [0.29, 0.717) is 70.3 Å². The SMILES string of the molecule is COCCOc1ccc(C(N)=O)c(-c2c(Cl)c(F)cc3c2[C@H](C)[C@@](CNC2CCC(C)(C(=O)N4CCC(N5CCC(c6c(F)cc7c(N8CCC(=O)NC8=O)nn(C)c7c6F)CC5)CC4)CC2)(c2ccccc2)O3)c1F. The van der Waals surface area contributed by atoms with Crippen molar-refractivity contribution in [2.24, 2.45) is 18.2 Å². The van der Waals surface area contributed by atoms with Gasteiger partial charge in [0.05, 0.1) is 22.6 Å². The molecular formula is C56H63ClF4N8O7. The summed E-state index contributed by atoms with van der Waals surface area (Å²) in [6, 6.07) is 14.2. The highest BCUT2D eigenvalue weighted by atomic mass is 35.5. The number of rotatable bonds is 14. The van der Waals surface area contributed by atoms with Gasteiger partial charge in [-0.3, -0.25) is 29.3 Å². The maximum absolute atomic E-state index is 16.7. The molecule has 5 aliphatic rings.